The molecule has 0 amide bonds. The highest BCUT2D eigenvalue weighted by molar-refractivity contribution is 5.71. The van der Waals surface area contributed by atoms with Crippen molar-refractivity contribution in [2.75, 3.05) is 20.3 Å². The number of aromatic nitrogens is 4. The van der Waals surface area contributed by atoms with Crippen LogP contribution >= 0.6 is 0 Å². The standard InChI is InChI=1S/C18H25N5O3/c1-3-26-16(24)13-19-18(11-7-4-8-12-18)17-20-21-22-23(17)14-9-5-6-10-15(14)25-2/h5-6,9-10,19H,3-4,7-8,11-13H2,1-2H3. The number of hydrogen-bond donors (Lipinski definition) is 1. The topological polar surface area (TPSA) is 91.2 Å². The third-order valence-electron chi connectivity index (χ3n) is 4.79. The van der Waals surface area contributed by atoms with Crippen LogP contribution in [0.5, 0.6) is 5.75 Å². The van der Waals surface area contributed by atoms with E-state index in [1.54, 1.807) is 18.7 Å². The number of nitrogens with zero attached hydrogens (tertiary/aromatic N) is 4. The Morgan fingerprint density at radius 1 is 1.27 bits per heavy atom. The first-order valence-electron chi connectivity index (χ1n) is 9.03. The van der Waals surface area contributed by atoms with Crippen molar-refractivity contribution < 1.29 is 14.3 Å². The zero-order valence-corrected chi connectivity index (χ0v) is 15.3. The molecule has 3 rings (SSSR count). The van der Waals surface area contributed by atoms with Crippen molar-refractivity contribution in [3.63, 3.8) is 0 Å². The molecule has 0 saturated heterocycles. The molecule has 8 heteroatoms. The van der Waals surface area contributed by atoms with Crippen LogP contribution in [0, 0.1) is 0 Å². The fourth-order valence-corrected chi connectivity index (χ4v) is 3.54. The number of ether oxygens (including phenoxy) is 2. The van der Waals surface area contributed by atoms with Gasteiger partial charge in [0.2, 0.25) is 0 Å². The zero-order valence-electron chi connectivity index (χ0n) is 15.3. The van der Waals surface area contributed by atoms with Gasteiger partial charge in [-0.3, -0.25) is 10.1 Å². The molecule has 0 radical (unpaired) electrons. The number of tetrazole rings is 1. The zero-order chi connectivity index (χ0) is 18.4. The van der Waals surface area contributed by atoms with Crippen LogP contribution in [0.15, 0.2) is 24.3 Å². The summed E-state index contributed by atoms with van der Waals surface area (Å²) in [6.07, 6.45) is 4.99. The molecule has 0 bridgehead atoms. The van der Waals surface area contributed by atoms with Crippen LogP contribution < -0.4 is 10.1 Å². The number of methoxy groups -OCH3 is 1. The van der Waals surface area contributed by atoms with Crippen molar-refractivity contribution in [2.24, 2.45) is 0 Å². The molecule has 1 N–H and O–H groups in total. The van der Waals surface area contributed by atoms with E-state index in [1.165, 1.54) is 6.42 Å². The van der Waals surface area contributed by atoms with Crippen LogP contribution in [0.1, 0.15) is 44.9 Å². The normalized spacial score (nSPS) is 16.2. The minimum Gasteiger partial charge on any atom is -0.494 e. The van der Waals surface area contributed by atoms with Crippen LogP contribution in [0.3, 0.4) is 0 Å². The molecule has 1 aromatic carbocycles. The number of carbonyl (C=O) groups excluding carboxylic acids is 1. The second-order valence-corrected chi connectivity index (χ2v) is 6.39. The lowest BCUT2D eigenvalue weighted by atomic mass is 9.80. The van der Waals surface area contributed by atoms with Crippen molar-refractivity contribution in [3.05, 3.63) is 30.1 Å². The summed E-state index contributed by atoms with van der Waals surface area (Å²) in [7, 11) is 1.62. The van der Waals surface area contributed by atoms with Crippen LogP contribution in [0.2, 0.25) is 0 Å². The molecule has 8 nitrogen and oxygen atoms in total. The van der Waals surface area contributed by atoms with Gasteiger partial charge in [0.05, 0.1) is 25.8 Å². The number of rotatable bonds is 7. The maximum absolute atomic E-state index is 11.9. The van der Waals surface area contributed by atoms with E-state index < -0.39 is 5.54 Å². The summed E-state index contributed by atoms with van der Waals surface area (Å²) < 4.78 is 12.2. The second-order valence-electron chi connectivity index (χ2n) is 6.39. The molecule has 0 spiro atoms. The molecule has 1 aromatic heterocycles. The van der Waals surface area contributed by atoms with E-state index in [-0.39, 0.29) is 12.5 Å². The van der Waals surface area contributed by atoms with Crippen LogP contribution in [0.4, 0.5) is 0 Å². The number of para-hydroxylation sites is 2. The Bertz CT molecular complexity index is 740. The molecule has 1 aliphatic carbocycles. The SMILES string of the molecule is CCOC(=O)CNC1(c2nnnn2-c2ccccc2OC)CCCCC1. The van der Waals surface area contributed by atoms with Crippen molar-refractivity contribution in [3.8, 4) is 11.4 Å². The molecular weight excluding hydrogens is 334 g/mol. The largest absolute Gasteiger partial charge is 0.494 e. The molecular formula is C18H25N5O3. The summed E-state index contributed by atoms with van der Waals surface area (Å²) in [6, 6.07) is 7.62. The molecule has 26 heavy (non-hydrogen) atoms. The van der Waals surface area contributed by atoms with Gasteiger partial charge < -0.3 is 9.47 Å². The van der Waals surface area contributed by atoms with E-state index in [0.29, 0.717) is 18.2 Å². The molecule has 1 aliphatic rings. The summed E-state index contributed by atoms with van der Waals surface area (Å²) in [5, 5.41) is 15.8. The number of nitrogens with one attached hydrogen (secondary N) is 1. The Morgan fingerprint density at radius 3 is 2.77 bits per heavy atom. The quantitative estimate of drug-likeness (QED) is 0.756. The third-order valence-corrected chi connectivity index (χ3v) is 4.79. The van der Waals surface area contributed by atoms with Gasteiger partial charge in [-0.05, 0) is 42.3 Å². The molecule has 0 atom stereocenters. The van der Waals surface area contributed by atoms with Gasteiger partial charge in [0.1, 0.15) is 11.4 Å². The lowest BCUT2D eigenvalue weighted by Crippen LogP contribution is -2.48. The van der Waals surface area contributed by atoms with E-state index in [0.717, 1.165) is 31.4 Å². The maximum atomic E-state index is 11.9. The first-order chi connectivity index (χ1) is 12.7. The number of benzene rings is 1. The van der Waals surface area contributed by atoms with Crippen LogP contribution in [-0.4, -0.2) is 46.4 Å². The van der Waals surface area contributed by atoms with Gasteiger partial charge in [-0.2, -0.15) is 4.68 Å². The second kappa shape index (κ2) is 8.27. The highest BCUT2D eigenvalue weighted by Gasteiger charge is 2.39. The first kappa shape index (κ1) is 18.3. The third kappa shape index (κ3) is 3.70. The van der Waals surface area contributed by atoms with Gasteiger partial charge in [0, 0.05) is 0 Å². The van der Waals surface area contributed by atoms with Crippen molar-refractivity contribution >= 4 is 5.97 Å². The van der Waals surface area contributed by atoms with Gasteiger partial charge in [-0.1, -0.05) is 31.4 Å². The predicted molar refractivity (Wildman–Crippen MR) is 95.1 cm³/mol. The van der Waals surface area contributed by atoms with E-state index in [4.69, 9.17) is 9.47 Å². The molecule has 140 valence electrons. The van der Waals surface area contributed by atoms with Crippen molar-refractivity contribution in [1.82, 2.24) is 25.5 Å². The lowest BCUT2D eigenvalue weighted by Gasteiger charge is -2.36. The van der Waals surface area contributed by atoms with Crippen molar-refractivity contribution in [1.29, 1.82) is 0 Å². The van der Waals surface area contributed by atoms with E-state index in [2.05, 4.69) is 20.8 Å². The summed E-state index contributed by atoms with van der Waals surface area (Å²) in [5.74, 6) is 1.12. The lowest BCUT2D eigenvalue weighted by molar-refractivity contribution is -0.142. The fraction of sp³-hybridized carbons (Fsp3) is 0.556. The number of hydrogen-bond acceptors (Lipinski definition) is 7. The summed E-state index contributed by atoms with van der Waals surface area (Å²) in [5.41, 5.74) is 0.313. The summed E-state index contributed by atoms with van der Waals surface area (Å²) in [4.78, 5) is 11.9. The smallest absolute Gasteiger partial charge is 0.319 e. The van der Waals surface area contributed by atoms with E-state index in [1.807, 2.05) is 24.3 Å². The fourth-order valence-electron chi connectivity index (χ4n) is 3.54. The molecule has 0 aliphatic heterocycles. The summed E-state index contributed by atoms with van der Waals surface area (Å²) >= 11 is 0. The summed E-state index contributed by atoms with van der Waals surface area (Å²) in [6.45, 7) is 2.30. The highest BCUT2D eigenvalue weighted by Crippen LogP contribution is 2.37. The van der Waals surface area contributed by atoms with E-state index in [9.17, 15) is 4.79 Å². The van der Waals surface area contributed by atoms with E-state index >= 15 is 0 Å². The highest BCUT2D eigenvalue weighted by atomic mass is 16.5. The van der Waals surface area contributed by atoms with Crippen LogP contribution in [-0.2, 0) is 15.1 Å². The minimum atomic E-state index is -0.463. The van der Waals surface area contributed by atoms with Gasteiger partial charge >= 0.3 is 5.97 Å². The minimum absolute atomic E-state index is 0.132. The monoisotopic (exact) mass is 359 g/mol. The molecule has 1 saturated carbocycles. The van der Waals surface area contributed by atoms with Gasteiger partial charge in [-0.25, -0.2) is 0 Å². The Hall–Kier alpha value is -2.48. The number of carbonyl (C=O) groups is 1. The average Bonchev–Trinajstić information content (AvgIpc) is 3.18. The molecule has 1 heterocycles. The average molecular weight is 359 g/mol. The van der Waals surface area contributed by atoms with Gasteiger partial charge in [0.25, 0.3) is 0 Å². The van der Waals surface area contributed by atoms with Crippen molar-refractivity contribution in [2.45, 2.75) is 44.6 Å². The molecule has 1 fully saturated rings. The Balaban J connectivity index is 1.95. The Labute approximate surface area is 152 Å². The first-order valence-corrected chi connectivity index (χ1v) is 9.03. The molecule has 0 unspecified atom stereocenters. The maximum Gasteiger partial charge on any atom is 0.319 e. The predicted octanol–water partition coefficient (Wildman–Crippen LogP) is 1.98. The van der Waals surface area contributed by atoms with Gasteiger partial charge in [-0.15, -0.1) is 5.10 Å². The number of esters is 1. The Morgan fingerprint density at radius 2 is 2.04 bits per heavy atom. The van der Waals surface area contributed by atoms with Crippen LogP contribution in [0.25, 0.3) is 5.69 Å². The van der Waals surface area contributed by atoms with Gasteiger partial charge in [0.15, 0.2) is 5.82 Å². The molecule has 2 aromatic rings. The Kier molecular flexibility index (Phi) is 5.82.